The Morgan fingerprint density at radius 1 is 1.35 bits per heavy atom. The van der Waals surface area contributed by atoms with Crippen LogP contribution in [0.1, 0.15) is 23.2 Å². The quantitative estimate of drug-likeness (QED) is 0.841. The largest absolute Gasteiger partial charge is 0.454 e. The molecule has 0 unspecified atom stereocenters. The topological polar surface area (TPSA) is 59.0 Å². The first kappa shape index (κ1) is 13.4. The van der Waals surface area contributed by atoms with E-state index < -0.39 is 0 Å². The third-order valence-electron chi connectivity index (χ3n) is 3.95. The Labute approximate surface area is 118 Å². The number of hydrogen-bond acceptors (Lipinski definition) is 5. The number of aliphatic hydroxyl groups is 1. The van der Waals surface area contributed by atoms with Crippen LogP contribution in [-0.4, -0.2) is 48.8 Å². The van der Waals surface area contributed by atoms with Crippen molar-refractivity contribution in [1.29, 1.82) is 0 Å². The highest BCUT2D eigenvalue weighted by Crippen LogP contribution is 2.33. The molecule has 0 aliphatic carbocycles. The second kappa shape index (κ2) is 5.81. The molecule has 1 N–H and O–H groups in total. The van der Waals surface area contributed by atoms with Crippen LogP contribution in [0.5, 0.6) is 11.5 Å². The van der Waals surface area contributed by atoms with Gasteiger partial charge in [-0.2, -0.15) is 0 Å². The maximum Gasteiger partial charge on any atom is 0.231 e. The predicted molar refractivity (Wildman–Crippen MR) is 73.1 cm³/mol. The van der Waals surface area contributed by atoms with Crippen LogP contribution in [0.2, 0.25) is 0 Å². The summed E-state index contributed by atoms with van der Waals surface area (Å²) in [4.78, 5) is 14.7. The number of rotatable bonds is 4. The third-order valence-corrected chi connectivity index (χ3v) is 3.95. The summed E-state index contributed by atoms with van der Waals surface area (Å²) in [6.45, 7) is 2.70. The number of β-amino-alcohol motifs (C(OH)–C–C–N with tert-alkyl or cyclic N) is 1. The van der Waals surface area contributed by atoms with Gasteiger partial charge in [0.15, 0.2) is 17.3 Å². The predicted octanol–water partition coefficient (Wildman–Crippen LogP) is 1.30. The van der Waals surface area contributed by atoms with Crippen LogP contribution in [-0.2, 0) is 0 Å². The number of Topliss-reactive ketones (excluding diaryl/α,β-unsaturated/α-hetero) is 1. The fourth-order valence-electron chi connectivity index (χ4n) is 2.90. The molecule has 0 saturated carbocycles. The van der Waals surface area contributed by atoms with Crippen LogP contribution >= 0.6 is 0 Å². The lowest BCUT2D eigenvalue weighted by molar-refractivity contribution is 0.0793. The van der Waals surface area contributed by atoms with E-state index in [-0.39, 0.29) is 25.1 Å². The molecule has 1 aromatic carbocycles. The second-order valence-electron chi connectivity index (χ2n) is 5.30. The molecule has 0 amide bonds. The molecule has 2 aliphatic rings. The first-order valence-corrected chi connectivity index (χ1v) is 7.05. The molecule has 3 rings (SSSR count). The number of fused-ring (bicyclic) bond motifs is 1. The standard InChI is InChI=1S/C15H19NO4/c17-7-6-16-5-1-2-12(9-16)15(18)11-3-4-13-14(8-11)20-10-19-13/h3-4,8,12,17H,1-2,5-7,9-10H2/t12-/m0/s1. The number of carbonyl (C=O) groups excluding carboxylic acids is 1. The maximum atomic E-state index is 12.6. The number of ketones is 1. The van der Waals surface area contributed by atoms with Gasteiger partial charge in [-0.15, -0.1) is 0 Å². The van der Waals surface area contributed by atoms with E-state index in [4.69, 9.17) is 14.6 Å². The number of likely N-dealkylation sites (tertiary alicyclic amines) is 1. The molecule has 1 fully saturated rings. The molecular weight excluding hydrogens is 258 g/mol. The van der Waals surface area contributed by atoms with Gasteiger partial charge in [0.1, 0.15) is 0 Å². The average molecular weight is 277 g/mol. The molecule has 20 heavy (non-hydrogen) atoms. The van der Waals surface area contributed by atoms with Crippen molar-refractivity contribution in [2.24, 2.45) is 5.92 Å². The van der Waals surface area contributed by atoms with Gasteiger partial charge in [-0.1, -0.05) is 0 Å². The van der Waals surface area contributed by atoms with Crippen molar-refractivity contribution in [2.75, 3.05) is 33.0 Å². The van der Waals surface area contributed by atoms with E-state index in [0.717, 1.165) is 25.9 Å². The van der Waals surface area contributed by atoms with Gasteiger partial charge in [0.05, 0.1) is 6.61 Å². The zero-order chi connectivity index (χ0) is 13.9. The van der Waals surface area contributed by atoms with Gasteiger partial charge in [0.25, 0.3) is 0 Å². The Morgan fingerprint density at radius 2 is 2.20 bits per heavy atom. The summed E-state index contributed by atoms with van der Waals surface area (Å²) in [5.74, 6) is 1.52. The summed E-state index contributed by atoms with van der Waals surface area (Å²) in [5, 5.41) is 9.01. The smallest absolute Gasteiger partial charge is 0.231 e. The Morgan fingerprint density at radius 3 is 3.05 bits per heavy atom. The highest BCUT2D eigenvalue weighted by molar-refractivity contribution is 5.98. The molecule has 0 aromatic heterocycles. The van der Waals surface area contributed by atoms with E-state index in [9.17, 15) is 4.79 Å². The Kier molecular flexibility index (Phi) is 3.89. The SMILES string of the molecule is O=C(c1ccc2c(c1)OCO2)[C@H]1CCCN(CCO)C1. The Hall–Kier alpha value is -1.59. The molecule has 0 bridgehead atoms. The van der Waals surface area contributed by atoms with Gasteiger partial charge in [-0.3, -0.25) is 4.79 Å². The maximum absolute atomic E-state index is 12.6. The van der Waals surface area contributed by atoms with Crippen LogP contribution in [0.4, 0.5) is 0 Å². The number of ether oxygens (including phenoxy) is 2. The van der Waals surface area contributed by atoms with Crippen LogP contribution in [0.25, 0.3) is 0 Å². The van der Waals surface area contributed by atoms with Gasteiger partial charge >= 0.3 is 0 Å². The van der Waals surface area contributed by atoms with Gasteiger partial charge in [0.2, 0.25) is 6.79 Å². The summed E-state index contributed by atoms with van der Waals surface area (Å²) in [7, 11) is 0. The van der Waals surface area contributed by atoms with E-state index in [1.807, 2.05) is 0 Å². The van der Waals surface area contributed by atoms with E-state index in [0.29, 0.717) is 23.6 Å². The van der Waals surface area contributed by atoms with Crippen molar-refractivity contribution in [3.63, 3.8) is 0 Å². The molecular formula is C15H19NO4. The number of piperidine rings is 1. The third kappa shape index (κ3) is 2.64. The Balaban J connectivity index is 1.72. The number of hydrogen-bond donors (Lipinski definition) is 1. The molecule has 108 valence electrons. The van der Waals surface area contributed by atoms with E-state index in [1.165, 1.54) is 0 Å². The average Bonchev–Trinajstić information content (AvgIpc) is 2.94. The summed E-state index contributed by atoms with van der Waals surface area (Å²) in [6, 6.07) is 5.38. The highest BCUT2D eigenvalue weighted by Gasteiger charge is 2.27. The van der Waals surface area contributed by atoms with Crippen molar-refractivity contribution in [1.82, 2.24) is 4.90 Å². The fourth-order valence-corrected chi connectivity index (χ4v) is 2.90. The van der Waals surface area contributed by atoms with Crippen LogP contribution in [0.3, 0.4) is 0 Å². The van der Waals surface area contributed by atoms with E-state index in [1.54, 1.807) is 18.2 Å². The van der Waals surface area contributed by atoms with E-state index in [2.05, 4.69) is 4.90 Å². The molecule has 1 atom stereocenters. The zero-order valence-corrected chi connectivity index (χ0v) is 11.4. The van der Waals surface area contributed by atoms with Crippen LogP contribution in [0.15, 0.2) is 18.2 Å². The minimum atomic E-state index is 0.00988. The van der Waals surface area contributed by atoms with Crippen molar-refractivity contribution < 1.29 is 19.4 Å². The first-order chi connectivity index (χ1) is 9.78. The fraction of sp³-hybridized carbons (Fsp3) is 0.533. The van der Waals surface area contributed by atoms with Crippen molar-refractivity contribution in [3.05, 3.63) is 23.8 Å². The number of aliphatic hydroxyl groups excluding tert-OH is 1. The molecule has 5 nitrogen and oxygen atoms in total. The molecule has 1 aromatic rings. The second-order valence-corrected chi connectivity index (χ2v) is 5.30. The molecule has 0 radical (unpaired) electrons. The summed E-state index contributed by atoms with van der Waals surface area (Å²) >= 11 is 0. The van der Waals surface area contributed by atoms with E-state index >= 15 is 0 Å². The van der Waals surface area contributed by atoms with Crippen molar-refractivity contribution in [3.8, 4) is 11.5 Å². The molecule has 0 spiro atoms. The molecule has 5 heteroatoms. The molecule has 2 heterocycles. The summed E-state index contributed by atoms with van der Waals surface area (Å²) in [6.07, 6.45) is 1.91. The highest BCUT2D eigenvalue weighted by atomic mass is 16.7. The molecule has 2 aliphatic heterocycles. The summed E-state index contributed by atoms with van der Waals surface area (Å²) < 4.78 is 10.6. The first-order valence-electron chi connectivity index (χ1n) is 7.05. The lowest BCUT2D eigenvalue weighted by Crippen LogP contribution is -2.40. The van der Waals surface area contributed by atoms with Crippen LogP contribution < -0.4 is 9.47 Å². The number of benzene rings is 1. The molecule has 1 saturated heterocycles. The number of nitrogens with zero attached hydrogens (tertiary/aromatic N) is 1. The lowest BCUT2D eigenvalue weighted by Gasteiger charge is -2.31. The minimum Gasteiger partial charge on any atom is -0.454 e. The minimum absolute atomic E-state index is 0.00988. The Bertz CT molecular complexity index is 501. The van der Waals surface area contributed by atoms with Gasteiger partial charge in [0, 0.05) is 24.6 Å². The van der Waals surface area contributed by atoms with Crippen LogP contribution in [0, 0.1) is 5.92 Å². The summed E-state index contributed by atoms with van der Waals surface area (Å²) in [5.41, 5.74) is 0.685. The zero-order valence-electron chi connectivity index (χ0n) is 11.4. The normalized spacial score (nSPS) is 21.9. The number of carbonyl (C=O) groups is 1. The van der Waals surface area contributed by atoms with Gasteiger partial charge < -0.3 is 19.5 Å². The monoisotopic (exact) mass is 277 g/mol. The van der Waals surface area contributed by atoms with Gasteiger partial charge in [-0.25, -0.2) is 0 Å². The van der Waals surface area contributed by atoms with Crippen molar-refractivity contribution >= 4 is 5.78 Å². The van der Waals surface area contributed by atoms with Gasteiger partial charge in [-0.05, 0) is 37.6 Å². The lowest BCUT2D eigenvalue weighted by atomic mass is 9.90. The van der Waals surface area contributed by atoms with Crippen molar-refractivity contribution in [2.45, 2.75) is 12.8 Å².